The summed E-state index contributed by atoms with van der Waals surface area (Å²) in [5.41, 5.74) is 1.63. The molecule has 0 atom stereocenters. The molecule has 3 rings (SSSR count). The van der Waals surface area contributed by atoms with Crippen LogP contribution in [0.5, 0.6) is 11.5 Å². The number of benzene rings is 2. The second-order valence-corrected chi connectivity index (χ2v) is 5.47. The number of nitrogens with zero attached hydrogens (tertiary/aromatic N) is 2. The van der Waals surface area contributed by atoms with Crippen molar-refractivity contribution in [3.63, 3.8) is 0 Å². The number of fused-ring (bicyclic) bond motifs is 1. The van der Waals surface area contributed by atoms with Crippen molar-refractivity contribution >= 4 is 40.3 Å². The Bertz CT molecular complexity index is 940. The van der Waals surface area contributed by atoms with E-state index in [-0.39, 0.29) is 11.3 Å². The van der Waals surface area contributed by atoms with Gasteiger partial charge in [0.15, 0.2) is 6.61 Å². The number of methoxy groups -OCH3 is 1. The molecule has 2 N–H and O–H groups in total. The number of hydrogen-bond donors (Lipinski definition) is 2. The molecule has 0 aliphatic carbocycles. The van der Waals surface area contributed by atoms with Gasteiger partial charge in [0.05, 0.1) is 24.5 Å². The Morgan fingerprint density at radius 1 is 1.24 bits per heavy atom. The molecule has 1 amide bonds. The monoisotopic (exact) mass is 359 g/mol. The molecule has 0 aliphatic heterocycles. The molecule has 3 aromatic rings. The van der Waals surface area contributed by atoms with Crippen molar-refractivity contribution < 1.29 is 24.2 Å². The Hall–Kier alpha value is -3.20. The molecule has 0 unspecified atom stereocenters. The van der Waals surface area contributed by atoms with E-state index in [1.165, 1.54) is 25.3 Å². The molecule has 1 heterocycles. The highest BCUT2D eigenvalue weighted by molar-refractivity contribution is 7.00. The summed E-state index contributed by atoms with van der Waals surface area (Å²) >= 11 is 1.04. The smallest absolute Gasteiger partial charge is 0.342 e. The number of ether oxygens (including phenoxy) is 2. The minimum atomic E-state index is -0.833. The van der Waals surface area contributed by atoms with Crippen LogP contribution in [0.2, 0.25) is 0 Å². The zero-order valence-electron chi connectivity index (χ0n) is 13.1. The Morgan fingerprint density at radius 2 is 2.08 bits per heavy atom. The first kappa shape index (κ1) is 16.7. The Balaban J connectivity index is 1.64. The van der Waals surface area contributed by atoms with E-state index < -0.39 is 18.5 Å². The number of rotatable bonds is 5. The number of anilines is 1. The minimum absolute atomic E-state index is 0.0852. The molecule has 0 saturated carbocycles. The van der Waals surface area contributed by atoms with E-state index in [4.69, 9.17) is 9.47 Å². The van der Waals surface area contributed by atoms with Gasteiger partial charge in [0.1, 0.15) is 28.1 Å². The molecule has 0 fully saturated rings. The second-order valence-electron chi connectivity index (χ2n) is 4.94. The van der Waals surface area contributed by atoms with Crippen LogP contribution in [0.15, 0.2) is 36.4 Å². The number of aromatic nitrogens is 2. The van der Waals surface area contributed by atoms with Crippen molar-refractivity contribution in [3.05, 3.63) is 42.0 Å². The van der Waals surface area contributed by atoms with E-state index in [2.05, 4.69) is 14.1 Å². The molecule has 0 spiro atoms. The van der Waals surface area contributed by atoms with Gasteiger partial charge in [-0.1, -0.05) is 6.07 Å². The summed E-state index contributed by atoms with van der Waals surface area (Å²) in [6.07, 6.45) is 0. The average molecular weight is 359 g/mol. The van der Waals surface area contributed by atoms with Crippen molar-refractivity contribution in [2.75, 3.05) is 19.0 Å². The number of nitrogens with one attached hydrogen (secondary N) is 1. The highest BCUT2D eigenvalue weighted by atomic mass is 32.1. The van der Waals surface area contributed by atoms with Crippen LogP contribution >= 0.6 is 11.7 Å². The van der Waals surface area contributed by atoms with Crippen molar-refractivity contribution in [2.45, 2.75) is 0 Å². The summed E-state index contributed by atoms with van der Waals surface area (Å²) in [6.45, 7) is -0.510. The molecular formula is C16H13N3O5S. The molecule has 8 nitrogen and oxygen atoms in total. The van der Waals surface area contributed by atoms with Crippen LogP contribution in [0.4, 0.5) is 5.69 Å². The van der Waals surface area contributed by atoms with Crippen LogP contribution in [0.25, 0.3) is 11.0 Å². The van der Waals surface area contributed by atoms with Crippen LogP contribution in [0.1, 0.15) is 10.4 Å². The predicted octanol–water partition coefficient (Wildman–Crippen LogP) is 2.20. The number of phenolic OH excluding ortho intramolecular Hbond substituents is 1. The molecular weight excluding hydrogens is 346 g/mol. The first-order chi connectivity index (χ1) is 12.1. The molecule has 0 radical (unpaired) electrons. The molecule has 1 aromatic heterocycles. The highest BCUT2D eigenvalue weighted by Gasteiger charge is 2.16. The van der Waals surface area contributed by atoms with Crippen LogP contribution in [0, 0.1) is 0 Å². The van der Waals surface area contributed by atoms with E-state index in [0.717, 1.165) is 11.7 Å². The quantitative estimate of drug-likeness (QED) is 0.672. The predicted molar refractivity (Wildman–Crippen MR) is 91.0 cm³/mol. The number of esters is 1. The van der Waals surface area contributed by atoms with E-state index >= 15 is 0 Å². The summed E-state index contributed by atoms with van der Waals surface area (Å²) in [7, 11) is 1.43. The molecule has 0 bridgehead atoms. The van der Waals surface area contributed by atoms with E-state index in [1.54, 1.807) is 18.2 Å². The van der Waals surface area contributed by atoms with Gasteiger partial charge in [-0.3, -0.25) is 4.79 Å². The van der Waals surface area contributed by atoms with Crippen molar-refractivity contribution in [1.29, 1.82) is 0 Å². The zero-order chi connectivity index (χ0) is 17.8. The lowest BCUT2D eigenvalue weighted by atomic mass is 10.2. The zero-order valence-corrected chi connectivity index (χ0v) is 13.9. The standard InChI is InChI=1S/C16H13N3O5S/c1-23-9-5-6-13(20)10(7-9)16(22)24-8-14(21)17-11-3-2-4-12-15(11)19-25-18-12/h2-7,20H,8H2,1H3,(H,17,21). The largest absolute Gasteiger partial charge is 0.507 e. The summed E-state index contributed by atoms with van der Waals surface area (Å²) in [4.78, 5) is 24.0. The third kappa shape index (κ3) is 3.66. The molecule has 128 valence electrons. The molecule has 0 saturated heterocycles. The van der Waals surface area contributed by atoms with Crippen molar-refractivity contribution in [1.82, 2.24) is 8.75 Å². The number of aromatic hydroxyl groups is 1. The molecule has 9 heteroatoms. The van der Waals surface area contributed by atoms with Crippen molar-refractivity contribution in [2.24, 2.45) is 0 Å². The van der Waals surface area contributed by atoms with Crippen LogP contribution < -0.4 is 10.1 Å². The number of carbonyl (C=O) groups is 2. The summed E-state index contributed by atoms with van der Waals surface area (Å²) < 4.78 is 18.1. The maximum Gasteiger partial charge on any atom is 0.342 e. The lowest BCUT2D eigenvalue weighted by molar-refractivity contribution is -0.119. The Morgan fingerprint density at radius 3 is 2.88 bits per heavy atom. The highest BCUT2D eigenvalue weighted by Crippen LogP contribution is 2.24. The van der Waals surface area contributed by atoms with Gasteiger partial charge in [-0.05, 0) is 30.3 Å². The summed E-state index contributed by atoms with van der Waals surface area (Å²) in [5.74, 6) is -1.24. The number of phenols is 1. The maximum absolute atomic E-state index is 12.0. The fourth-order valence-corrected chi connectivity index (χ4v) is 2.66. The van der Waals surface area contributed by atoms with Crippen molar-refractivity contribution in [3.8, 4) is 11.5 Å². The maximum atomic E-state index is 12.0. The third-order valence-electron chi connectivity index (χ3n) is 3.32. The van der Waals surface area contributed by atoms with Gasteiger partial charge in [-0.2, -0.15) is 8.75 Å². The van der Waals surface area contributed by atoms with Gasteiger partial charge in [0.2, 0.25) is 0 Å². The number of amides is 1. The number of carbonyl (C=O) groups excluding carboxylic acids is 2. The van der Waals surface area contributed by atoms with E-state index in [1.807, 2.05) is 0 Å². The van der Waals surface area contributed by atoms with E-state index in [0.29, 0.717) is 22.5 Å². The Kier molecular flexibility index (Phi) is 4.75. The van der Waals surface area contributed by atoms with Crippen LogP contribution in [-0.2, 0) is 9.53 Å². The third-order valence-corrected chi connectivity index (χ3v) is 3.86. The van der Waals surface area contributed by atoms with Gasteiger partial charge < -0.3 is 19.9 Å². The molecule has 2 aromatic carbocycles. The number of hydrogen-bond acceptors (Lipinski definition) is 8. The molecule has 25 heavy (non-hydrogen) atoms. The van der Waals surface area contributed by atoms with Crippen LogP contribution in [0.3, 0.4) is 0 Å². The minimum Gasteiger partial charge on any atom is -0.507 e. The van der Waals surface area contributed by atoms with Gasteiger partial charge in [0.25, 0.3) is 5.91 Å². The van der Waals surface area contributed by atoms with Gasteiger partial charge in [0, 0.05) is 0 Å². The first-order valence-electron chi connectivity index (χ1n) is 7.13. The topological polar surface area (TPSA) is 111 Å². The average Bonchev–Trinajstić information content (AvgIpc) is 3.10. The van der Waals surface area contributed by atoms with E-state index in [9.17, 15) is 14.7 Å². The van der Waals surface area contributed by atoms with Crippen LogP contribution in [-0.4, -0.2) is 39.4 Å². The fourth-order valence-electron chi connectivity index (χ4n) is 2.11. The fraction of sp³-hybridized carbons (Fsp3) is 0.125. The normalized spacial score (nSPS) is 10.4. The second kappa shape index (κ2) is 7.14. The first-order valence-corrected chi connectivity index (χ1v) is 7.87. The van der Waals surface area contributed by atoms with Gasteiger partial charge >= 0.3 is 5.97 Å². The summed E-state index contributed by atoms with van der Waals surface area (Å²) in [6, 6.07) is 9.33. The SMILES string of the molecule is COc1ccc(O)c(C(=O)OCC(=O)Nc2cccc3nsnc23)c1. The lowest BCUT2D eigenvalue weighted by Gasteiger charge is -2.09. The van der Waals surface area contributed by atoms with Gasteiger partial charge in [-0.15, -0.1) is 0 Å². The molecule has 0 aliphatic rings. The lowest BCUT2D eigenvalue weighted by Crippen LogP contribution is -2.21. The summed E-state index contributed by atoms with van der Waals surface area (Å²) in [5, 5.41) is 12.3. The van der Waals surface area contributed by atoms with Gasteiger partial charge in [-0.25, -0.2) is 4.79 Å². The Labute approximate surface area is 146 Å².